The van der Waals surface area contributed by atoms with E-state index in [0.29, 0.717) is 12.4 Å². The number of pyridine rings is 1. The monoisotopic (exact) mass is 261 g/mol. The van der Waals surface area contributed by atoms with Gasteiger partial charge in [-0.3, -0.25) is 0 Å². The largest absolute Gasteiger partial charge is 0.467 e. The van der Waals surface area contributed by atoms with Crippen LogP contribution in [-0.2, 0) is 13.0 Å². The highest BCUT2D eigenvalue weighted by Crippen LogP contribution is 2.16. The number of halogens is 1. The maximum absolute atomic E-state index is 5.82. The molecule has 0 fully saturated rings. The molecule has 3 aromatic heterocycles. The summed E-state index contributed by atoms with van der Waals surface area (Å²) in [6.45, 7) is 0.632. The van der Waals surface area contributed by atoms with E-state index in [1.54, 1.807) is 12.5 Å². The Labute approximate surface area is 109 Å². The molecule has 0 aromatic carbocycles. The fourth-order valence-corrected chi connectivity index (χ4v) is 2.17. The van der Waals surface area contributed by atoms with Gasteiger partial charge in [0.15, 0.2) is 5.65 Å². The summed E-state index contributed by atoms with van der Waals surface area (Å²) < 4.78 is 7.43. The maximum atomic E-state index is 5.82. The summed E-state index contributed by atoms with van der Waals surface area (Å²) in [5.41, 5.74) is 1.76. The van der Waals surface area contributed by atoms with Gasteiger partial charge in [0.25, 0.3) is 0 Å². The molecule has 3 heterocycles. The molecule has 0 bridgehead atoms. The predicted octanol–water partition coefficient (Wildman–Crippen LogP) is 2.85. The lowest BCUT2D eigenvalue weighted by molar-refractivity contribution is 0.491. The van der Waals surface area contributed by atoms with Gasteiger partial charge in [-0.25, -0.2) is 9.97 Å². The summed E-state index contributed by atoms with van der Waals surface area (Å²) in [6, 6.07) is 7.66. The molecule has 0 aliphatic carbocycles. The van der Waals surface area contributed by atoms with Gasteiger partial charge in [-0.1, -0.05) is 0 Å². The van der Waals surface area contributed by atoms with E-state index < -0.39 is 0 Å². The van der Waals surface area contributed by atoms with Crippen molar-refractivity contribution in [2.45, 2.75) is 13.0 Å². The van der Waals surface area contributed by atoms with Gasteiger partial charge in [0.1, 0.15) is 17.1 Å². The van der Waals surface area contributed by atoms with Gasteiger partial charge in [0, 0.05) is 18.5 Å². The molecule has 18 heavy (non-hydrogen) atoms. The molecule has 0 amide bonds. The summed E-state index contributed by atoms with van der Waals surface area (Å²) in [4.78, 5) is 8.94. The van der Waals surface area contributed by atoms with E-state index in [1.807, 2.05) is 24.3 Å². The molecule has 0 atom stereocenters. The highest BCUT2D eigenvalue weighted by molar-refractivity contribution is 6.17. The van der Waals surface area contributed by atoms with Crippen molar-refractivity contribution >= 4 is 22.8 Å². The Kier molecular flexibility index (Phi) is 3.02. The van der Waals surface area contributed by atoms with Crippen molar-refractivity contribution in [2.75, 3.05) is 5.88 Å². The Bertz CT molecular complexity index is 645. The molecule has 0 spiro atoms. The molecule has 0 N–H and O–H groups in total. The number of hydrogen-bond donors (Lipinski definition) is 0. The quantitative estimate of drug-likeness (QED) is 0.679. The van der Waals surface area contributed by atoms with Gasteiger partial charge < -0.3 is 8.98 Å². The normalized spacial score (nSPS) is 11.2. The molecule has 0 aliphatic heterocycles. The average Bonchev–Trinajstić information content (AvgIpc) is 3.00. The summed E-state index contributed by atoms with van der Waals surface area (Å²) in [7, 11) is 0. The third-order valence-corrected chi connectivity index (χ3v) is 2.98. The average molecular weight is 262 g/mol. The number of alkyl halides is 1. The van der Waals surface area contributed by atoms with Crippen LogP contribution in [0.1, 0.15) is 11.6 Å². The van der Waals surface area contributed by atoms with E-state index in [2.05, 4.69) is 14.5 Å². The van der Waals surface area contributed by atoms with Crippen molar-refractivity contribution in [3.8, 4) is 0 Å². The second-order valence-electron chi connectivity index (χ2n) is 3.98. The first-order chi connectivity index (χ1) is 8.88. The van der Waals surface area contributed by atoms with Crippen molar-refractivity contribution < 1.29 is 4.42 Å². The topological polar surface area (TPSA) is 43.9 Å². The van der Waals surface area contributed by atoms with Crippen LogP contribution in [0.2, 0.25) is 0 Å². The maximum Gasteiger partial charge on any atom is 0.160 e. The lowest BCUT2D eigenvalue weighted by atomic mass is 10.4. The summed E-state index contributed by atoms with van der Waals surface area (Å²) >= 11 is 5.82. The van der Waals surface area contributed by atoms with E-state index in [0.717, 1.165) is 29.2 Å². The molecule has 0 aliphatic rings. The van der Waals surface area contributed by atoms with Crippen molar-refractivity contribution in [2.24, 2.45) is 0 Å². The Morgan fingerprint density at radius 2 is 2.22 bits per heavy atom. The van der Waals surface area contributed by atoms with Gasteiger partial charge in [-0.05, 0) is 24.3 Å². The molecule has 0 saturated heterocycles. The van der Waals surface area contributed by atoms with Crippen LogP contribution in [0.5, 0.6) is 0 Å². The van der Waals surface area contributed by atoms with E-state index in [-0.39, 0.29) is 0 Å². The van der Waals surface area contributed by atoms with Crippen LogP contribution in [0.15, 0.2) is 41.1 Å². The highest BCUT2D eigenvalue weighted by Gasteiger charge is 2.12. The van der Waals surface area contributed by atoms with Crippen LogP contribution < -0.4 is 0 Å². The van der Waals surface area contributed by atoms with Crippen molar-refractivity contribution in [1.29, 1.82) is 0 Å². The van der Waals surface area contributed by atoms with Gasteiger partial charge in [0.2, 0.25) is 0 Å². The predicted molar refractivity (Wildman–Crippen MR) is 69.8 cm³/mol. The molecule has 3 rings (SSSR count). The van der Waals surface area contributed by atoms with Crippen LogP contribution in [-0.4, -0.2) is 20.4 Å². The van der Waals surface area contributed by atoms with E-state index in [4.69, 9.17) is 16.0 Å². The minimum absolute atomic E-state index is 0.543. The van der Waals surface area contributed by atoms with Gasteiger partial charge in [-0.2, -0.15) is 0 Å². The first kappa shape index (κ1) is 11.3. The molecule has 5 heteroatoms. The molecule has 3 aromatic rings. The molecular weight excluding hydrogens is 250 g/mol. The number of furan rings is 1. The van der Waals surface area contributed by atoms with Crippen LogP contribution >= 0.6 is 11.6 Å². The van der Waals surface area contributed by atoms with Crippen LogP contribution in [0.4, 0.5) is 0 Å². The fourth-order valence-electron chi connectivity index (χ4n) is 2.01. The van der Waals surface area contributed by atoms with Crippen molar-refractivity contribution in [3.05, 3.63) is 48.3 Å². The minimum Gasteiger partial charge on any atom is -0.467 e. The SMILES string of the molecule is ClCCc1nc2cccnc2n1Cc1ccco1. The number of hydrogen-bond acceptors (Lipinski definition) is 3. The third-order valence-electron chi connectivity index (χ3n) is 2.79. The molecule has 4 nitrogen and oxygen atoms in total. The van der Waals surface area contributed by atoms with Gasteiger partial charge in [0.05, 0.1) is 12.8 Å². The number of fused-ring (bicyclic) bond motifs is 1. The molecule has 0 unspecified atom stereocenters. The number of aryl methyl sites for hydroxylation is 1. The first-order valence-corrected chi connectivity index (χ1v) is 6.30. The van der Waals surface area contributed by atoms with E-state index in [9.17, 15) is 0 Å². The molecule has 0 saturated carbocycles. The van der Waals surface area contributed by atoms with Crippen LogP contribution in [0.25, 0.3) is 11.2 Å². The Morgan fingerprint density at radius 1 is 1.28 bits per heavy atom. The molecule has 0 radical (unpaired) electrons. The van der Waals surface area contributed by atoms with Gasteiger partial charge in [-0.15, -0.1) is 11.6 Å². The minimum atomic E-state index is 0.543. The second kappa shape index (κ2) is 4.82. The Hall–Kier alpha value is -1.81. The third kappa shape index (κ3) is 1.99. The number of nitrogens with zero attached hydrogens (tertiary/aromatic N) is 3. The zero-order valence-corrected chi connectivity index (χ0v) is 10.5. The summed E-state index contributed by atoms with van der Waals surface area (Å²) in [5, 5.41) is 0. The van der Waals surface area contributed by atoms with Crippen molar-refractivity contribution in [1.82, 2.24) is 14.5 Å². The van der Waals surface area contributed by atoms with Crippen LogP contribution in [0, 0.1) is 0 Å². The number of imidazole rings is 1. The second-order valence-corrected chi connectivity index (χ2v) is 4.36. The Morgan fingerprint density at radius 3 is 3.00 bits per heavy atom. The Balaban J connectivity index is 2.09. The summed E-state index contributed by atoms with van der Waals surface area (Å²) in [5.74, 6) is 2.37. The zero-order valence-electron chi connectivity index (χ0n) is 9.71. The molecular formula is C13H12ClN3O. The van der Waals surface area contributed by atoms with Crippen molar-refractivity contribution in [3.63, 3.8) is 0 Å². The highest BCUT2D eigenvalue weighted by atomic mass is 35.5. The van der Waals surface area contributed by atoms with Gasteiger partial charge >= 0.3 is 0 Å². The van der Waals surface area contributed by atoms with E-state index >= 15 is 0 Å². The lowest BCUT2D eigenvalue weighted by Crippen LogP contribution is -2.06. The van der Waals surface area contributed by atoms with E-state index in [1.165, 1.54) is 0 Å². The first-order valence-electron chi connectivity index (χ1n) is 5.77. The molecule has 92 valence electrons. The van der Waals surface area contributed by atoms with Crippen LogP contribution in [0.3, 0.4) is 0 Å². The smallest absolute Gasteiger partial charge is 0.160 e. The number of rotatable bonds is 4. The standard InChI is InChI=1S/C13H12ClN3O/c14-6-5-12-16-11-4-1-7-15-13(11)17(12)9-10-3-2-8-18-10/h1-4,7-8H,5-6,9H2. The lowest BCUT2D eigenvalue weighted by Gasteiger charge is -2.05. The fraction of sp³-hybridized carbons (Fsp3) is 0.231. The number of aromatic nitrogens is 3. The zero-order chi connectivity index (χ0) is 12.4. The summed E-state index contributed by atoms with van der Waals surface area (Å²) in [6.07, 6.45) is 4.16.